The summed E-state index contributed by atoms with van der Waals surface area (Å²) in [4.78, 5) is 11.3. The van der Waals surface area contributed by atoms with E-state index in [0.29, 0.717) is 10.7 Å². The Morgan fingerprint density at radius 1 is 1.25 bits per heavy atom. The number of esters is 1. The SMILES string of the molecule is CCOC(=O)c1nn(-c2c(F)cc(C(F)(F)F)cc2Cl)c(C)c1SC(F)(F)F. The number of aromatic nitrogens is 2. The minimum Gasteiger partial charge on any atom is -0.461 e. The minimum atomic E-state index is -4.89. The Morgan fingerprint density at radius 2 is 1.86 bits per heavy atom. The van der Waals surface area contributed by atoms with E-state index < -0.39 is 62.1 Å². The van der Waals surface area contributed by atoms with Crippen LogP contribution in [0.2, 0.25) is 5.02 Å². The van der Waals surface area contributed by atoms with Gasteiger partial charge in [0.1, 0.15) is 5.69 Å². The molecule has 2 rings (SSSR count). The fraction of sp³-hybridized carbons (Fsp3) is 0.333. The topological polar surface area (TPSA) is 44.1 Å². The van der Waals surface area contributed by atoms with Crippen LogP contribution in [0.4, 0.5) is 30.7 Å². The summed E-state index contributed by atoms with van der Waals surface area (Å²) in [6, 6.07) is 0.532. The first-order valence-electron chi connectivity index (χ1n) is 7.35. The summed E-state index contributed by atoms with van der Waals surface area (Å²) in [5, 5.41) is 2.86. The second kappa shape index (κ2) is 7.82. The van der Waals surface area contributed by atoms with Crippen LogP contribution >= 0.6 is 23.4 Å². The number of carbonyl (C=O) groups excluding carboxylic acids is 1. The Balaban J connectivity index is 2.70. The van der Waals surface area contributed by atoms with E-state index in [2.05, 4.69) is 9.84 Å². The number of alkyl halides is 6. The maximum atomic E-state index is 14.3. The van der Waals surface area contributed by atoms with Crippen molar-refractivity contribution < 1.29 is 40.3 Å². The second-order valence-corrected chi connectivity index (χ2v) is 6.71. The fourth-order valence-electron chi connectivity index (χ4n) is 2.21. The van der Waals surface area contributed by atoms with Crippen LogP contribution in [0.15, 0.2) is 17.0 Å². The highest BCUT2D eigenvalue weighted by molar-refractivity contribution is 8.00. The van der Waals surface area contributed by atoms with Gasteiger partial charge in [0, 0.05) is 0 Å². The molecule has 1 aromatic carbocycles. The molecule has 4 nitrogen and oxygen atoms in total. The number of halogens is 8. The lowest BCUT2D eigenvalue weighted by Crippen LogP contribution is -2.10. The van der Waals surface area contributed by atoms with Crippen LogP contribution in [0.3, 0.4) is 0 Å². The Kier molecular flexibility index (Phi) is 6.24. The molecule has 0 spiro atoms. The second-order valence-electron chi connectivity index (χ2n) is 5.23. The monoisotopic (exact) mass is 450 g/mol. The number of ether oxygens (including phenoxy) is 1. The molecule has 0 atom stereocenters. The van der Waals surface area contributed by atoms with E-state index in [1.54, 1.807) is 0 Å². The van der Waals surface area contributed by atoms with Crippen molar-refractivity contribution in [2.75, 3.05) is 6.61 Å². The van der Waals surface area contributed by atoms with E-state index in [4.69, 9.17) is 11.6 Å². The Hall–Kier alpha value is -1.95. The van der Waals surface area contributed by atoms with Gasteiger partial charge in [0.25, 0.3) is 0 Å². The highest BCUT2D eigenvalue weighted by Gasteiger charge is 2.37. The van der Waals surface area contributed by atoms with Crippen molar-refractivity contribution in [3.05, 3.63) is 39.9 Å². The van der Waals surface area contributed by atoms with Gasteiger partial charge in [0.15, 0.2) is 11.5 Å². The van der Waals surface area contributed by atoms with Gasteiger partial charge in [0.05, 0.1) is 27.8 Å². The van der Waals surface area contributed by atoms with Crippen LogP contribution in [-0.2, 0) is 10.9 Å². The molecule has 0 aliphatic heterocycles. The zero-order valence-electron chi connectivity index (χ0n) is 14.0. The quantitative estimate of drug-likeness (QED) is 0.336. The smallest absolute Gasteiger partial charge is 0.446 e. The van der Waals surface area contributed by atoms with Crippen molar-refractivity contribution >= 4 is 29.3 Å². The molecule has 0 aliphatic rings. The number of carbonyl (C=O) groups is 1. The molecule has 0 aliphatic carbocycles. The van der Waals surface area contributed by atoms with E-state index >= 15 is 0 Å². The van der Waals surface area contributed by atoms with E-state index in [0.717, 1.165) is 6.92 Å². The molecule has 0 saturated heterocycles. The van der Waals surface area contributed by atoms with Crippen molar-refractivity contribution in [1.29, 1.82) is 0 Å². The number of hydrogen-bond acceptors (Lipinski definition) is 4. The molecule has 1 aromatic heterocycles. The molecule has 0 saturated carbocycles. The van der Waals surface area contributed by atoms with Gasteiger partial charge in [-0.3, -0.25) is 0 Å². The summed E-state index contributed by atoms with van der Waals surface area (Å²) in [6.07, 6.45) is -4.89. The van der Waals surface area contributed by atoms with Crippen molar-refractivity contribution in [2.45, 2.75) is 30.4 Å². The summed E-state index contributed by atoms with van der Waals surface area (Å²) >= 11 is 5.05. The minimum absolute atomic E-state index is 0.128. The summed E-state index contributed by atoms with van der Waals surface area (Å²) in [6.45, 7) is 2.32. The predicted octanol–water partition coefficient (Wildman–Crippen LogP) is 5.78. The normalized spacial score (nSPS) is 12.4. The van der Waals surface area contributed by atoms with E-state index in [-0.39, 0.29) is 18.4 Å². The van der Waals surface area contributed by atoms with Crippen molar-refractivity contribution in [3.63, 3.8) is 0 Å². The largest absolute Gasteiger partial charge is 0.461 e. The lowest BCUT2D eigenvalue weighted by molar-refractivity contribution is -0.137. The van der Waals surface area contributed by atoms with Gasteiger partial charge in [-0.15, -0.1) is 0 Å². The van der Waals surface area contributed by atoms with Gasteiger partial charge in [-0.05, 0) is 37.7 Å². The highest BCUT2D eigenvalue weighted by atomic mass is 35.5. The van der Waals surface area contributed by atoms with E-state index in [9.17, 15) is 35.5 Å². The first-order valence-corrected chi connectivity index (χ1v) is 8.54. The van der Waals surface area contributed by atoms with Gasteiger partial charge in [-0.1, -0.05) is 11.6 Å². The third-order valence-corrected chi connectivity index (χ3v) is 4.52. The molecular weight excluding hydrogens is 441 g/mol. The Labute approximate surface area is 162 Å². The van der Waals surface area contributed by atoms with Crippen LogP contribution in [0, 0.1) is 12.7 Å². The van der Waals surface area contributed by atoms with Gasteiger partial charge in [-0.2, -0.15) is 31.4 Å². The molecule has 154 valence electrons. The maximum absolute atomic E-state index is 14.3. The van der Waals surface area contributed by atoms with Crippen molar-refractivity contribution in [1.82, 2.24) is 9.78 Å². The van der Waals surface area contributed by atoms with E-state index in [1.807, 2.05) is 0 Å². The average Bonchev–Trinajstić information content (AvgIpc) is 2.82. The van der Waals surface area contributed by atoms with Crippen LogP contribution in [0.5, 0.6) is 0 Å². The first-order chi connectivity index (χ1) is 12.8. The third kappa shape index (κ3) is 4.72. The zero-order chi connectivity index (χ0) is 21.4. The molecule has 0 amide bonds. The highest BCUT2D eigenvalue weighted by Crippen LogP contribution is 2.42. The zero-order valence-corrected chi connectivity index (χ0v) is 15.6. The summed E-state index contributed by atoms with van der Waals surface area (Å²) in [5.74, 6) is -2.69. The van der Waals surface area contributed by atoms with Gasteiger partial charge < -0.3 is 4.74 Å². The first kappa shape index (κ1) is 22.3. The lowest BCUT2D eigenvalue weighted by atomic mass is 10.2. The molecule has 0 radical (unpaired) electrons. The van der Waals surface area contributed by atoms with E-state index in [1.165, 1.54) is 6.92 Å². The molecular formula is C15H10ClF7N2O2S. The Bertz CT molecular complexity index is 886. The van der Waals surface area contributed by atoms with Crippen molar-refractivity contribution in [2.24, 2.45) is 0 Å². The summed E-state index contributed by atoms with van der Waals surface area (Å²) in [5.41, 5.74) is -8.06. The Morgan fingerprint density at radius 3 is 2.32 bits per heavy atom. The average molecular weight is 451 g/mol. The number of rotatable bonds is 4. The number of benzene rings is 1. The fourth-order valence-corrected chi connectivity index (χ4v) is 3.18. The van der Waals surface area contributed by atoms with Crippen LogP contribution in [-0.4, -0.2) is 27.9 Å². The summed E-state index contributed by atoms with van der Waals surface area (Å²) < 4.78 is 96.4. The maximum Gasteiger partial charge on any atom is 0.446 e. The molecule has 0 N–H and O–H groups in total. The standard InChI is InChI=1S/C15H10ClF7N2O2S/c1-3-27-13(26)10-12(28-15(21,22)23)6(2)25(24-10)11-8(16)4-7(5-9(11)17)14(18,19)20/h4-5H,3H2,1-2H3. The van der Waals surface area contributed by atoms with Gasteiger partial charge >= 0.3 is 17.7 Å². The number of hydrogen-bond donors (Lipinski definition) is 0. The molecule has 28 heavy (non-hydrogen) atoms. The van der Waals surface area contributed by atoms with Gasteiger partial charge in [-0.25, -0.2) is 13.9 Å². The third-order valence-electron chi connectivity index (χ3n) is 3.30. The molecule has 13 heteroatoms. The van der Waals surface area contributed by atoms with Crippen LogP contribution in [0.1, 0.15) is 28.7 Å². The molecule has 2 aromatic rings. The molecule has 0 bridgehead atoms. The van der Waals surface area contributed by atoms with Crippen LogP contribution in [0.25, 0.3) is 5.69 Å². The number of nitrogens with zero attached hydrogens (tertiary/aromatic N) is 2. The molecule has 1 heterocycles. The van der Waals surface area contributed by atoms with Crippen LogP contribution < -0.4 is 0 Å². The summed E-state index contributed by atoms with van der Waals surface area (Å²) in [7, 11) is 0. The molecule has 0 fully saturated rings. The lowest BCUT2D eigenvalue weighted by Gasteiger charge is -2.13. The number of thioether (sulfide) groups is 1. The van der Waals surface area contributed by atoms with Crippen molar-refractivity contribution in [3.8, 4) is 5.69 Å². The predicted molar refractivity (Wildman–Crippen MR) is 86.1 cm³/mol. The van der Waals surface area contributed by atoms with Gasteiger partial charge in [0.2, 0.25) is 0 Å². The molecule has 0 unspecified atom stereocenters.